The van der Waals surface area contributed by atoms with Crippen molar-refractivity contribution < 1.29 is 17.2 Å². The van der Waals surface area contributed by atoms with Crippen molar-refractivity contribution in [1.82, 2.24) is 0 Å². The molecule has 0 aliphatic rings. The summed E-state index contributed by atoms with van der Waals surface area (Å²) in [7, 11) is 1.38. The molecule has 0 aliphatic carbocycles. The molecule has 0 saturated heterocycles. The second-order valence-corrected chi connectivity index (χ2v) is 6.89. The Kier molecular flexibility index (Phi) is 3.79. The van der Waals surface area contributed by atoms with Crippen LogP contribution in [-0.2, 0) is 20.1 Å². The van der Waals surface area contributed by atoms with Crippen LogP contribution in [-0.4, -0.2) is 17.2 Å². The Balaban J connectivity index is 3.79. The van der Waals surface area contributed by atoms with Crippen LogP contribution < -0.4 is 0 Å². The standard InChI is InChI=1S/C9H11ClO4S2/c1-5-4-6(2)9(16(10,13)14)7(3)8(5)15(11)12/h4H,1-3H3,(H,11,12). The van der Waals surface area contributed by atoms with Gasteiger partial charge in [0.1, 0.15) is 0 Å². The average molecular weight is 283 g/mol. The van der Waals surface area contributed by atoms with E-state index in [1.165, 1.54) is 13.0 Å². The molecule has 0 amide bonds. The van der Waals surface area contributed by atoms with Gasteiger partial charge in [0.2, 0.25) is 0 Å². The molecule has 0 aromatic heterocycles. The Bertz CT molecular complexity index is 563. The van der Waals surface area contributed by atoms with E-state index < -0.39 is 20.1 Å². The van der Waals surface area contributed by atoms with Crippen LogP contribution in [0.3, 0.4) is 0 Å². The van der Waals surface area contributed by atoms with Gasteiger partial charge in [0.05, 0.1) is 9.79 Å². The molecule has 1 rings (SSSR count). The van der Waals surface area contributed by atoms with Crippen molar-refractivity contribution in [1.29, 1.82) is 0 Å². The van der Waals surface area contributed by atoms with Crippen LogP contribution in [0.25, 0.3) is 0 Å². The average Bonchev–Trinajstić information content (AvgIpc) is 1.97. The number of benzene rings is 1. The maximum atomic E-state index is 11.3. The maximum Gasteiger partial charge on any atom is 0.261 e. The number of halogens is 1. The summed E-state index contributed by atoms with van der Waals surface area (Å²) < 4.78 is 42.9. The van der Waals surface area contributed by atoms with Gasteiger partial charge in [-0.3, -0.25) is 0 Å². The quantitative estimate of drug-likeness (QED) is 0.666. The molecule has 0 fully saturated rings. The minimum atomic E-state index is -3.91. The molecule has 16 heavy (non-hydrogen) atoms. The third-order valence-corrected chi connectivity index (χ3v) is 4.81. The number of hydrogen-bond donors (Lipinski definition) is 1. The molecule has 0 bridgehead atoms. The highest BCUT2D eigenvalue weighted by atomic mass is 35.7. The predicted octanol–water partition coefficient (Wildman–Crippen LogP) is 2.12. The minimum Gasteiger partial charge on any atom is -0.302 e. The highest BCUT2D eigenvalue weighted by Crippen LogP contribution is 2.30. The van der Waals surface area contributed by atoms with Gasteiger partial charge in [-0.05, 0) is 37.5 Å². The van der Waals surface area contributed by atoms with Crippen molar-refractivity contribution in [2.75, 3.05) is 0 Å². The van der Waals surface area contributed by atoms with Crippen molar-refractivity contribution in [2.24, 2.45) is 0 Å². The van der Waals surface area contributed by atoms with Crippen LogP contribution >= 0.6 is 10.7 Å². The molecule has 0 spiro atoms. The summed E-state index contributed by atoms with van der Waals surface area (Å²) in [5.41, 5.74) is 1.27. The fraction of sp³-hybridized carbons (Fsp3) is 0.333. The summed E-state index contributed by atoms with van der Waals surface area (Å²) in [6, 6.07) is 1.53. The third-order valence-electron chi connectivity index (χ3n) is 2.25. The summed E-state index contributed by atoms with van der Waals surface area (Å²) in [6.45, 7) is 4.71. The van der Waals surface area contributed by atoms with E-state index in [0.29, 0.717) is 11.1 Å². The molecule has 1 aromatic rings. The van der Waals surface area contributed by atoms with Crippen LogP contribution in [0.2, 0.25) is 0 Å². The molecule has 7 heteroatoms. The van der Waals surface area contributed by atoms with Gasteiger partial charge in [0, 0.05) is 10.7 Å². The Morgan fingerprint density at radius 2 is 1.75 bits per heavy atom. The van der Waals surface area contributed by atoms with Gasteiger partial charge in [-0.25, -0.2) is 12.6 Å². The van der Waals surface area contributed by atoms with Crippen molar-refractivity contribution >= 4 is 30.8 Å². The SMILES string of the molecule is Cc1cc(C)c(S(=O)(=O)Cl)c(C)c1S(=O)O. The summed E-state index contributed by atoms with van der Waals surface area (Å²) >= 11 is -2.23. The van der Waals surface area contributed by atoms with E-state index >= 15 is 0 Å². The van der Waals surface area contributed by atoms with Crippen LogP contribution in [0.4, 0.5) is 0 Å². The lowest BCUT2D eigenvalue weighted by atomic mass is 10.1. The molecule has 0 saturated carbocycles. The van der Waals surface area contributed by atoms with Gasteiger partial charge in [-0.2, -0.15) is 0 Å². The smallest absolute Gasteiger partial charge is 0.261 e. The number of rotatable bonds is 2. The summed E-state index contributed by atoms with van der Waals surface area (Å²) in [5.74, 6) is 0. The second kappa shape index (κ2) is 4.44. The van der Waals surface area contributed by atoms with E-state index in [2.05, 4.69) is 0 Å². The van der Waals surface area contributed by atoms with Gasteiger partial charge >= 0.3 is 0 Å². The monoisotopic (exact) mass is 282 g/mol. The van der Waals surface area contributed by atoms with E-state index in [1.54, 1.807) is 13.8 Å². The number of aryl methyl sites for hydroxylation is 2. The molecule has 1 unspecified atom stereocenters. The van der Waals surface area contributed by atoms with Crippen LogP contribution in [0.5, 0.6) is 0 Å². The first-order valence-electron chi connectivity index (χ1n) is 4.32. The molecule has 4 nitrogen and oxygen atoms in total. The molecular weight excluding hydrogens is 272 g/mol. The fourth-order valence-corrected chi connectivity index (χ4v) is 4.18. The summed E-state index contributed by atoms with van der Waals surface area (Å²) in [5, 5.41) is 0. The zero-order valence-corrected chi connectivity index (χ0v) is 11.3. The van der Waals surface area contributed by atoms with Crippen molar-refractivity contribution in [3.05, 3.63) is 22.8 Å². The van der Waals surface area contributed by atoms with Crippen LogP contribution in [0.1, 0.15) is 16.7 Å². The molecule has 0 aliphatic heterocycles. The van der Waals surface area contributed by atoms with Crippen molar-refractivity contribution in [3.8, 4) is 0 Å². The van der Waals surface area contributed by atoms with E-state index in [-0.39, 0.29) is 15.4 Å². The first kappa shape index (κ1) is 13.6. The molecule has 90 valence electrons. The van der Waals surface area contributed by atoms with Gasteiger partial charge in [-0.15, -0.1) is 0 Å². The highest BCUT2D eigenvalue weighted by molar-refractivity contribution is 8.13. The molecule has 1 N–H and O–H groups in total. The molecule has 0 heterocycles. The highest BCUT2D eigenvalue weighted by Gasteiger charge is 2.22. The normalized spacial score (nSPS) is 13.8. The maximum absolute atomic E-state index is 11.3. The zero-order chi connectivity index (χ0) is 12.7. The largest absolute Gasteiger partial charge is 0.302 e. The lowest BCUT2D eigenvalue weighted by Crippen LogP contribution is -2.05. The molecular formula is C9H11ClO4S2. The second-order valence-electron chi connectivity index (χ2n) is 3.48. The predicted molar refractivity (Wildman–Crippen MR) is 62.7 cm³/mol. The van der Waals surface area contributed by atoms with E-state index in [9.17, 15) is 12.6 Å². The zero-order valence-electron chi connectivity index (χ0n) is 8.94. The van der Waals surface area contributed by atoms with Gasteiger partial charge < -0.3 is 4.55 Å². The van der Waals surface area contributed by atoms with E-state index in [0.717, 1.165) is 0 Å². The summed E-state index contributed by atoms with van der Waals surface area (Å²) in [6.07, 6.45) is 0. The van der Waals surface area contributed by atoms with E-state index in [4.69, 9.17) is 15.2 Å². The molecule has 0 radical (unpaired) electrons. The van der Waals surface area contributed by atoms with Crippen molar-refractivity contribution in [2.45, 2.75) is 30.6 Å². The minimum absolute atomic E-state index is 0.0860. The lowest BCUT2D eigenvalue weighted by Gasteiger charge is -2.12. The molecule has 1 aromatic carbocycles. The fourth-order valence-electron chi connectivity index (χ4n) is 1.79. The van der Waals surface area contributed by atoms with Crippen LogP contribution in [0.15, 0.2) is 15.9 Å². The van der Waals surface area contributed by atoms with Gasteiger partial charge in [-0.1, -0.05) is 6.07 Å². The van der Waals surface area contributed by atoms with E-state index in [1.807, 2.05) is 0 Å². The van der Waals surface area contributed by atoms with Gasteiger partial charge in [0.15, 0.2) is 11.1 Å². The first-order chi connectivity index (χ1) is 7.16. The first-order valence-corrected chi connectivity index (χ1v) is 7.74. The Labute approximate surface area is 101 Å². The van der Waals surface area contributed by atoms with Gasteiger partial charge in [0.25, 0.3) is 9.05 Å². The lowest BCUT2D eigenvalue weighted by molar-refractivity contribution is 0.562. The third kappa shape index (κ3) is 2.45. The summed E-state index contributed by atoms with van der Waals surface area (Å²) in [4.78, 5) is 0.0157. The number of hydrogen-bond acceptors (Lipinski definition) is 3. The topological polar surface area (TPSA) is 71.4 Å². The Hall–Kier alpha value is -0.430. The van der Waals surface area contributed by atoms with Crippen LogP contribution in [0, 0.1) is 20.8 Å². The molecule has 1 atom stereocenters. The Morgan fingerprint density at radius 3 is 2.12 bits per heavy atom. The van der Waals surface area contributed by atoms with Crippen molar-refractivity contribution in [3.63, 3.8) is 0 Å². The Morgan fingerprint density at radius 1 is 1.25 bits per heavy atom.